The van der Waals surface area contributed by atoms with Crippen LogP contribution in [-0.2, 0) is 14.3 Å². The Morgan fingerprint density at radius 3 is 2.28 bits per heavy atom. The highest BCUT2D eigenvalue weighted by Gasteiger charge is 2.45. The van der Waals surface area contributed by atoms with Crippen LogP contribution in [-0.4, -0.2) is 60.0 Å². The zero-order chi connectivity index (χ0) is 13.5. The van der Waals surface area contributed by atoms with Crippen molar-refractivity contribution in [2.45, 2.75) is 50.9 Å². The zero-order valence-electron chi connectivity index (χ0n) is 11.6. The first-order valence-electron chi connectivity index (χ1n) is 6.51. The standard InChI is InChI=1S/C13H22N2O3/c1-13(2)7-8-15(13)12(17)10-6-5-9(18-10)11(16)14(3)4/h9-10H,5-8H2,1-4H3/t9-,10+/m1/s1. The van der Waals surface area contributed by atoms with Crippen molar-refractivity contribution in [3.8, 4) is 0 Å². The van der Waals surface area contributed by atoms with Crippen LogP contribution in [0, 0.1) is 0 Å². The van der Waals surface area contributed by atoms with Gasteiger partial charge >= 0.3 is 0 Å². The van der Waals surface area contributed by atoms with Crippen LogP contribution in [0.3, 0.4) is 0 Å². The first-order chi connectivity index (χ1) is 8.33. The minimum absolute atomic E-state index is 0.0420. The van der Waals surface area contributed by atoms with Gasteiger partial charge in [-0.3, -0.25) is 9.59 Å². The molecular weight excluding hydrogens is 232 g/mol. The molecule has 5 nitrogen and oxygen atoms in total. The maximum absolute atomic E-state index is 12.3. The summed E-state index contributed by atoms with van der Waals surface area (Å²) in [6, 6.07) is 0. The highest BCUT2D eigenvalue weighted by Crippen LogP contribution is 2.33. The highest BCUT2D eigenvalue weighted by molar-refractivity contribution is 5.85. The van der Waals surface area contributed by atoms with Gasteiger partial charge in [0.05, 0.1) is 0 Å². The number of carbonyl (C=O) groups excluding carboxylic acids is 2. The molecule has 2 amide bonds. The van der Waals surface area contributed by atoms with Crippen LogP contribution in [0.15, 0.2) is 0 Å². The number of nitrogens with zero attached hydrogens (tertiary/aromatic N) is 2. The van der Waals surface area contributed by atoms with E-state index in [1.165, 1.54) is 4.90 Å². The summed E-state index contributed by atoms with van der Waals surface area (Å²) in [4.78, 5) is 27.4. The van der Waals surface area contributed by atoms with Crippen molar-refractivity contribution in [3.63, 3.8) is 0 Å². The van der Waals surface area contributed by atoms with Gasteiger partial charge in [-0.25, -0.2) is 0 Å². The number of carbonyl (C=O) groups is 2. The minimum Gasteiger partial charge on any atom is -0.355 e. The maximum Gasteiger partial charge on any atom is 0.252 e. The van der Waals surface area contributed by atoms with E-state index in [1.807, 2.05) is 4.90 Å². The van der Waals surface area contributed by atoms with E-state index in [1.54, 1.807) is 14.1 Å². The minimum atomic E-state index is -0.446. The highest BCUT2D eigenvalue weighted by atomic mass is 16.5. The Balaban J connectivity index is 1.93. The van der Waals surface area contributed by atoms with E-state index in [2.05, 4.69) is 13.8 Å². The van der Waals surface area contributed by atoms with E-state index in [-0.39, 0.29) is 17.4 Å². The first-order valence-corrected chi connectivity index (χ1v) is 6.51. The quantitative estimate of drug-likeness (QED) is 0.726. The first kappa shape index (κ1) is 13.3. The summed E-state index contributed by atoms with van der Waals surface area (Å²) in [6.07, 6.45) is 1.44. The average molecular weight is 254 g/mol. The molecule has 0 radical (unpaired) electrons. The lowest BCUT2D eigenvalue weighted by Gasteiger charge is -2.49. The van der Waals surface area contributed by atoms with Crippen molar-refractivity contribution in [2.24, 2.45) is 0 Å². The molecule has 2 aliphatic heterocycles. The Kier molecular flexibility index (Phi) is 3.36. The summed E-state index contributed by atoms with van der Waals surface area (Å²) in [5.74, 6) is -0.00604. The third-order valence-electron chi connectivity index (χ3n) is 3.96. The summed E-state index contributed by atoms with van der Waals surface area (Å²) >= 11 is 0. The van der Waals surface area contributed by atoms with E-state index >= 15 is 0 Å². The number of rotatable bonds is 2. The van der Waals surface area contributed by atoms with Crippen LogP contribution in [0.4, 0.5) is 0 Å². The van der Waals surface area contributed by atoms with E-state index in [0.29, 0.717) is 12.8 Å². The molecule has 0 unspecified atom stereocenters. The van der Waals surface area contributed by atoms with Crippen molar-refractivity contribution < 1.29 is 14.3 Å². The number of ether oxygens (including phenoxy) is 1. The number of likely N-dealkylation sites (tertiary alicyclic amines) is 1. The van der Waals surface area contributed by atoms with Gasteiger partial charge in [0.1, 0.15) is 12.2 Å². The number of hydrogen-bond donors (Lipinski definition) is 0. The van der Waals surface area contributed by atoms with Crippen molar-refractivity contribution in [1.82, 2.24) is 9.80 Å². The normalized spacial score (nSPS) is 29.9. The van der Waals surface area contributed by atoms with E-state index in [0.717, 1.165) is 13.0 Å². The van der Waals surface area contributed by atoms with Crippen LogP contribution in [0.5, 0.6) is 0 Å². The van der Waals surface area contributed by atoms with E-state index in [4.69, 9.17) is 4.74 Å². The second kappa shape index (κ2) is 4.53. The zero-order valence-corrected chi connectivity index (χ0v) is 11.6. The molecule has 0 spiro atoms. The lowest BCUT2D eigenvalue weighted by atomic mass is 9.88. The molecule has 102 valence electrons. The van der Waals surface area contributed by atoms with Crippen LogP contribution < -0.4 is 0 Å². The van der Waals surface area contributed by atoms with Gasteiger partial charge in [0.2, 0.25) is 0 Å². The Bertz CT molecular complexity index is 365. The summed E-state index contributed by atoms with van der Waals surface area (Å²) in [6.45, 7) is 4.93. The van der Waals surface area contributed by atoms with Crippen LogP contribution >= 0.6 is 0 Å². The molecule has 2 heterocycles. The lowest BCUT2D eigenvalue weighted by molar-refractivity contribution is -0.159. The molecule has 0 aromatic carbocycles. The van der Waals surface area contributed by atoms with Crippen LogP contribution in [0.25, 0.3) is 0 Å². The molecule has 0 N–H and O–H groups in total. The van der Waals surface area contributed by atoms with E-state index in [9.17, 15) is 9.59 Å². The number of likely N-dealkylation sites (N-methyl/N-ethyl adjacent to an activating group) is 1. The monoisotopic (exact) mass is 254 g/mol. The summed E-state index contributed by atoms with van der Waals surface area (Å²) in [5.41, 5.74) is -0.0515. The summed E-state index contributed by atoms with van der Waals surface area (Å²) in [5, 5.41) is 0. The number of amides is 2. The Morgan fingerprint density at radius 2 is 1.83 bits per heavy atom. The molecule has 2 saturated heterocycles. The molecule has 0 aliphatic carbocycles. The van der Waals surface area contributed by atoms with Crippen LogP contribution in [0.1, 0.15) is 33.1 Å². The molecule has 2 rings (SSSR count). The third kappa shape index (κ3) is 2.23. The maximum atomic E-state index is 12.3. The smallest absolute Gasteiger partial charge is 0.252 e. The van der Waals surface area contributed by atoms with Crippen molar-refractivity contribution in [3.05, 3.63) is 0 Å². The summed E-state index contributed by atoms with van der Waals surface area (Å²) in [7, 11) is 3.42. The predicted molar refractivity (Wildman–Crippen MR) is 67.0 cm³/mol. The molecular formula is C13H22N2O3. The molecule has 2 atom stereocenters. The fraction of sp³-hybridized carbons (Fsp3) is 0.846. The van der Waals surface area contributed by atoms with Gasteiger partial charge in [-0.05, 0) is 33.1 Å². The van der Waals surface area contributed by atoms with Gasteiger partial charge in [0.25, 0.3) is 11.8 Å². The Labute approximate surface area is 108 Å². The molecule has 0 aromatic rings. The Hall–Kier alpha value is -1.10. The van der Waals surface area contributed by atoms with Gasteiger partial charge in [-0.1, -0.05) is 0 Å². The molecule has 2 aliphatic rings. The van der Waals surface area contributed by atoms with Crippen LogP contribution in [0.2, 0.25) is 0 Å². The molecule has 2 fully saturated rings. The third-order valence-corrected chi connectivity index (χ3v) is 3.96. The Morgan fingerprint density at radius 1 is 1.22 bits per heavy atom. The predicted octanol–water partition coefficient (Wildman–Crippen LogP) is 0.633. The van der Waals surface area contributed by atoms with Gasteiger partial charge < -0.3 is 14.5 Å². The fourth-order valence-corrected chi connectivity index (χ4v) is 2.54. The van der Waals surface area contributed by atoms with Crippen molar-refractivity contribution in [2.75, 3.05) is 20.6 Å². The van der Waals surface area contributed by atoms with Crippen molar-refractivity contribution in [1.29, 1.82) is 0 Å². The molecule has 0 saturated carbocycles. The largest absolute Gasteiger partial charge is 0.355 e. The van der Waals surface area contributed by atoms with Gasteiger partial charge in [-0.2, -0.15) is 0 Å². The fourth-order valence-electron chi connectivity index (χ4n) is 2.54. The van der Waals surface area contributed by atoms with Crippen molar-refractivity contribution >= 4 is 11.8 Å². The second-order valence-electron chi connectivity index (χ2n) is 5.98. The molecule has 0 bridgehead atoms. The summed E-state index contributed by atoms with van der Waals surface area (Å²) < 4.78 is 5.61. The molecule has 18 heavy (non-hydrogen) atoms. The average Bonchev–Trinajstić information content (AvgIpc) is 2.75. The molecule has 5 heteroatoms. The van der Waals surface area contributed by atoms with Gasteiger partial charge in [-0.15, -0.1) is 0 Å². The second-order valence-corrected chi connectivity index (χ2v) is 5.98. The van der Waals surface area contributed by atoms with E-state index < -0.39 is 12.2 Å². The topological polar surface area (TPSA) is 49.9 Å². The lowest BCUT2D eigenvalue weighted by Crippen LogP contribution is -2.60. The van der Waals surface area contributed by atoms with Gasteiger partial charge in [0.15, 0.2) is 0 Å². The number of hydrogen-bond acceptors (Lipinski definition) is 3. The SMILES string of the molecule is CN(C)C(=O)[C@H]1CC[C@@H](C(=O)N2CCC2(C)C)O1. The molecule has 0 aromatic heterocycles. The van der Waals surface area contributed by atoms with Gasteiger partial charge in [0, 0.05) is 26.2 Å².